The Hall–Kier alpha value is -2.53. The van der Waals surface area contributed by atoms with Gasteiger partial charge in [0.1, 0.15) is 5.75 Å². The number of hydrogen-bond donors (Lipinski definition) is 1. The molecule has 0 saturated heterocycles. The van der Waals surface area contributed by atoms with E-state index in [1.54, 1.807) is 6.07 Å². The van der Waals surface area contributed by atoms with Crippen LogP contribution in [0.5, 0.6) is 5.75 Å². The van der Waals surface area contributed by atoms with Crippen LogP contribution in [0.25, 0.3) is 0 Å². The predicted octanol–water partition coefficient (Wildman–Crippen LogP) is 5.08. The van der Waals surface area contributed by atoms with Gasteiger partial charge in [0, 0.05) is 17.0 Å². The van der Waals surface area contributed by atoms with Gasteiger partial charge in [-0.3, -0.25) is 10.1 Å². The zero-order valence-corrected chi connectivity index (χ0v) is 14.4. The molecular weight excluding hydrogens is 340 g/mol. The third kappa shape index (κ3) is 2.55. The molecule has 1 heterocycles. The molecule has 0 aromatic heterocycles. The summed E-state index contributed by atoms with van der Waals surface area (Å²) in [7, 11) is 1.53. The summed E-state index contributed by atoms with van der Waals surface area (Å²) >= 11 is 6.43. The summed E-state index contributed by atoms with van der Waals surface area (Å²) < 4.78 is 5.44. The smallest absolute Gasteiger partial charge is 0.273 e. The van der Waals surface area contributed by atoms with Crippen molar-refractivity contribution in [2.45, 2.75) is 18.4 Å². The second kappa shape index (κ2) is 6.08. The van der Waals surface area contributed by atoms with E-state index >= 15 is 0 Å². The first-order chi connectivity index (χ1) is 12.1. The van der Waals surface area contributed by atoms with E-state index in [1.807, 2.05) is 24.3 Å². The zero-order valence-electron chi connectivity index (χ0n) is 13.6. The minimum absolute atomic E-state index is 0.0246. The third-order valence-corrected chi connectivity index (χ3v) is 5.43. The van der Waals surface area contributed by atoms with Gasteiger partial charge in [0.15, 0.2) is 0 Å². The van der Waals surface area contributed by atoms with Crippen molar-refractivity contribution in [3.63, 3.8) is 0 Å². The molecule has 1 N–H and O–H groups in total. The van der Waals surface area contributed by atoms with Gasteiger partial charge in [0.05, 0.1) is 29.8 Å². The Morgan fingerprint density at radius 2 is 2.08 bits per heavy atom. The van der Waals surface area contributed by atoms with Crippen molar-refractivity contribution in [1.82, 2.24) is 0 Å². The number of allylic oxidation sites excluding steroid dienone is 2. The number of nitro benzene ring substituents is 1. The van der Waals surface area contributed by atoms with Gasteiger partial charge in [0.2, 0.25) is 0 Å². The molecule has 2 aliphatic rings. The second-order valence-electron chi connectivity index (χ2n) is 6.37. The summed E-state index contributed by atoms with van der Waals surface area (Å²) in [5.74, 6) is 0.852. The quantitative estimate of drug-likeness (QED) is 0.473. The highest BCUT2D eigenvalue weighted by atomic mass is 35.5. The number of halogens is 1. The lowest BCUT2D eigenvalue weighted by atomic mass is 9.76. The van der Waals surface area contributed by atoms with E-state index in [9.17, 15) is 10.1 Å². The molecule has 4 rings (SSSR count). The number of non-ortho nitro benzene ring substituents is 1. The van der Waals surface area contributed by atoms with Gasteiger partial charge >= 0.3 is 0 Å². The molecule has 0 unspecified atom stereocenters. The van der Waals surface area contributed by atoms with Gasteiger partial charge in [-0.05, 0) is 29.5 Å². The summed E-state index contributed by atoms with van der Waals surface area (Å²) in [4.78, 5) is 10.9. The number of anilines is 1. The fraction of sp³-hybridized carbons (Fsp3) is 0.263. The highest BCUT2D eigenvalue weighted by Crippen LogP contribution is 2.53. The number of benzene rings is 2. The van der Waals surface area contributed by atoms with Gasteiger partial charge in [-0.15, -0.1) is 0 Å². The molecule has 25 heavy (non-hydrogen) atoms. The SMILES string of the molecule is COc1cc([N+](=O)[O-])cc2c1N[C@H](c1ccccc1Cl)[C@H]1CC=C[C@@H]21. The lowest BCUT2D eigenvalue weighted by Crippen LogP contribution is -2.29. The minimum atomic E-state index is -0.378. The number of nitrogens with one attached hydrogen (secondary N) is 1. The number of nitrogens with zero attached hydrogens (tertiary/aromatic N) is 1. The number of methoxy groups -OCH3 is 1. The first-order valence-corrected chi connectivity index (χ1v) is 8.52. The first kappa shape index (κ1) is 16.0. The molecule has 0 bridgehead atoms. The maximum absolute atomic E-state index is 11.3. The van der Waals surface area contributed by atoms with Gasteiger partial charge in [-0.1, -0.05) is 42.0 Å². The maximum Gasteiger partial charge on any atom is 0.273 e. The summed E-state index contributed by atoms with van der Waals surface area (Å²) in [5.41, 5.74) is 2.81. The molecule has 0 radical (unpaired) electrons. The molecule has 0 spiro atoms. The van der Waals surface area contributed by atoms with E-state index in [0.29, 0.717) is 5.75 Å². The highest BCUT2D eigenvalue weighted by molar-refractivity contribution is 6.31. The van der Waals surface area contributed by atoms with Crippen LogP contribution < -0.4 is 10.1 Å². The van der Waals surface area contributed by atoms with E-state index in [2.05, 4.69) is 17.5 Å². The molecule has 2 aromatic rings. The normalized spacial score (nSPS) is 23.5. The third-order valence-electron chi connectivity index (χ3n) is 5.09. The largest absolute Gasteiger partial charge is 0.494 e. The van der Waals surface area contributed by atoms with Crippen LogP contribution in [0, 0.1) is 16.0 Å². The van der Waals surface area contributed by atoms with E-state index in [0.717, 1.165) is 28.3 Å². The monoisotopic (exact) mass is 356 g/mol. The summed E-state index contributed by atoms with van der Waals surface area (Å²) in [6, 6.07) is 10.9. The van der Waals surface area contributed by atoms with Crippen LogP contribution in [0.1, 0.15) is 29.5 Å². The van der Waals surface area contributed by atoms with Crippen LogP contribution in [-0.2, 0) is 0 Å². The molecule has 2 aromatic carbocycles. The number of ether oxygens (including phenoxy) is 1. The molecule has 6 heteroatoms. The topological polar surface area (TPSA) is 64.4 Å². The number of rotatable bonds is 3. The second-order valence-corrected chi connectivity index (χ2v) is 6.77. The summed E-state index contributed by atoms with van der Waals surface area (Å²) in [6.45, 7) is 0. The lowest BCUT2D eigenvalue weighted by molar-refractivity contribution is -0.385. The van der Waals surface area contributed by atoms with Gasteiger partial charge in [0.25, 0.3) is 5.69 Å². The maximum atomic E-state index is 11.3. The van der Waals surface area contributed by atoms with Crippen LogP contribution in [0.3, 0.4) is 0 Å². The lowest BCUT2D eigenvalue weighted by Gasteiger charge is -2.38. The minimum Gasteiger partial charge on any atom is -0.494 e. The number of fused-ring (bicyclic) bond motifs is 3. The molecule has 0 amide bonds. The van der Waals surface area contributed by atoms with Gasteiger partial charge in [-0.2, -0.15) is 0 Å². The Labute approximate surface area is 150 Å². The summed E-state index contributed by atoms with van der Waals surface area (Å²) in [5, 5.41) is 15.5. The van der Waals surface area contributed by atoms with E-state index in [-0.39, 0.29) is 28.5 Å². The van der Waals surface area contributed by atoms with Gasteiger partial charge < -0.3 is 10.1 Å². The Kier molecular flexibility index (Phi) is 3.88. The van der Waals surface area contributed by atoms with Crippen LogP contribution >= 0.6 is 11.6 Å². The van der Waals surface area contributed by atoms with Crippen molar-refractivity contribution < 1.29 is 9.66 Å². The van der Waals surface area contributed by atoms with Crippen molar-refractivity contribution >= 4 is 23.0 Å². The number of hydrogen-bond acceptors (Lipinski definition) is 4. The highest BCUT2D eigenvalue weighted by Gasteiger charge is 2.40. The zero-order chi connectivity index (χ0) is 17.6. The average molecular weight is 357 g/mol. The fourth-order valence-electron chi connectivity index (χ4n) is 3.95. The van der Waals surface area contributed by atoms with E-state index in [4.69, 9.17) is 16.3 Å². The van der Waals surface area contributed by atoms with Crippen molar-refractivity contribution in [2.24, 2.45) is 5.92 Å². The molecule has 0 saturated carbocycles. The van der Waals surface area contributed by atoms with Crippen LogP contribution in [0.2, 0.25) is 5.02 Å². The molecule has 0 fully saturated rings. The predicted molar refractivity (Wildman–Crippen MR) is 97.5 cm³/mol. The average Bonchev–Trinajstić information content (AvgIpc) is 3.10. The molecule has 1 aliphatic carbocycles. The Bertz CT molecular complexity index is 881. The Balaban J connectivity index is 1.87. The molecule has 128 valence electrons. The van der Waals surface area contributed by atoms with Crippen LogP contribution in [0.15, 0.2) is 48.6 Å². The first-order valence-electron chi connectivity index (χ1n) is 8.14. The Morgan fingerprint density at radius 1 is 1.28 bits per heavy atom. The van der Waals surface area contributed by atoms with Crippen molar-refractivity contribution in [1.29, 1.82) is 0 Å². The molecular formula is C19H17ClN2O3. The van der Waals surface area contributed by atoms with Crippen molar-refractivity contribution in [2.75, 3.05) is 12.4 Å². The standard InChI is InChI=1S/C19H17ClN2O3/c1-25-17-10-11(22(23)24)9-15-12-6-4-7-13(12)18(21-19(15)17)14-5-2-3-8-16(14)20/h2-6,8-10,12-13,18,21H,7H2,1H3/t12-,13+,18+/m1/s1. The molecule has 3 atom stereocenters. The van der Waals surface area contributed by atoms with Gasteiger partial charge in [-0.25, -0.2) is 0 Å². The summed E-state index contributed by atoms with van der Waals surface area (Å²) in [6.07, 6.45) is 5.18. The van der Waals surface area contributed by atoms with E-state index in [1.165, 1.54) is 13.2 Å². The molecule has 5 nitrogen and oxygen atoms in total. The molecule has 1 aliphatic heterocycles. The van der Waals surface area contributed by atoms with Crippen molar-refractivity contribution in [3.8, 4) is 5.75 Å². The Morgan fingerprint density at radius 3 is 2.80 bits per heavy atom. The van der Waals surface area contributed by atoms with E-state index < -0.39 is 0 Å². The fourth-order valence-corrected chi connectivity index (χ4v) is 4.21. The van der Waals surface area contributed by atoms with Crippen LogP contribution in [-0.4, -0.2) is 12.0 Å². The van der Waals surface area contributed by atoms with Crippen LogP contribution in [0.4, 0.5) is 11.4 Å². The number of nitro groups is 1. The van der Waals surface area contributed by atoms with Crippen molar-refractivity contribution in [3.05, 3.63) is 74.8 Å².